The van der Waals surface area contributed by atoms with Gasteiger partial charge in [0.25, 0.3) is 0 Å². The molecule has 29 heavy (non-hydrogen) atoms. The highest BCUT2D eigenvalue weighted by molar-refractivity contribution is 5.92. The Morgan fingerprint density at radius 1 is 0.931 bits per heavy atom. The molecule has 6 nitrogen and oxygen atoms in total. The largest absolute Gasteiger partial charge is 0.845 e. The quantitative estimate of drug-likeness (QED) is 0.481. The molecule has 142 valence electrons. The molecule has 0 fully saturated rings. The van der Waals surface area contributed by atoms with E-state index in [-0.39, 0.29) is 0 Å². The zero-order valence-electron chi connectivity index (χ0n) is 15.7. The first kappa shape index (κ1) is 17.2. The second-order valence-corrected chi connectivity index (χ2v) is 7.10. The smallest absolute Gasteiger partial charge is 0.355 e. The second kappa shape index (κ2) is 6.60. The van der Waals surface area contributed by atoms with Crippen molar-refractivity contribution >= 4 is 16.6 Å². The van der Waals surface area contributed by atoms with Gasteiger partial charge in [-0.2, -0.15) is 4.68 Å². The molecule has 2 heterocycles. The summed E-state index contributed by atoms with van der Waals surface area (Å²) in [6.07, 6.45) is 0.741. The van der Waals surface area contributed by atoms with E-state index in [1.165, 1.54) is 10.2 Å². The summed E-state index contributed by atoms with van der Waals surface area (Å²) in [5.41, 5.74) is 4.25. The molecule has 0 saturated carbocycles. The van der Waals surface area contributed by atoms with E-state index in [1.54, 1.807) is 0 Å². The minimum Gasteiger partial charge on any atom is -0.845 e. The van der Waals surface area contributed by atoms with Gasteiger partial charge in [-0.1, -0.05) is 54.1 Å². The van der Waals surface area contributed by atoms with Gasteiger partial charge in [-0.3, -0.25) is 0 Å². The number of nitrogens with zero attached hydrogens (tertiary/aromatic N) is 4. The van der Waals surface area contributed by atoms with Crippen LogP contribution in [0.3, 0.4) is 0 Å². The van der Waals surface area contributed by atoms with Crippen LogP contribution in [0.1, 0.15) is 16.7 Å². The molecule has 5 rings (SSSR count). The van der Waals surface area contributed by atoms with Gasteiger partial charge in [-0.15, -0.1) is 5.10 Å². The Balaban J connectivity index is 1.71. The molecule has 5 aromatic rings. The van der Waals surface area contributed by atoms with Crippen molar-refractivity contribution in [2.24, 2.45) is 0 Å². The Bertz CT molecular complexity index is 1400. The van der Waals surface area contributed by atoms with Gasteiger partial charge in [-0.05, 0) is 48.7 Å². The third kappa shape index (κ3) is 2.95. The van der Waals surface area contributed by atoms with E-state index in [2.05, 4.69) is 22.2 Å². The van der Waals surface area contributed by atoms with Crippen molar-refractivity contribution in [2.45, 2.75) is 13.3 Å². The fraction of sp³-hybridized carbons (Fsp3) is 0.0870. The highest BCUT2D eigenvalue weighted by Gasteiger charge is 2.14. The maximum atomic E-state index is 12.9. The maximum Gasteiger partial charge on any atom is 0.355 e. The lowest BCUT2D eigenvalue weighted by Crippen LogP contribution is -2.22. The van der Waals surface area contributed by atoms with Crippen molar-refractivity contribution in [3.05, 3.63) is 100.0 Å². The van der Waals surface area contributed by atoms with Crippen molar-refractivity contribution in [3.8, 4) is 11.7 Å². The lowest BCUT2D eigenvalue weighted by atomic mass is 10.0. The van der Waals surface area contributed by atoms with Gasteiger partial charge >= 0.3 is 5.69 Å². The van der Waals surface area contributed by atoms with E-state index < -0.39 is 11.7 Å². The Kier molecular flexibility index (Phi) is 3.91. The van der Waals surface area contributed by atoms with Crippen LogP contribution in [0.2, 0.25) is 0 Å². The van der Waals surface area contributed by atoms with Gasteiger partial charge in [-0.25, -0.2) is 14.2 Å². The minimum absolute atomic E-state index is 0.320. The number of rotatable bonds is 3. The molecule has 3 aromatic carbocycles. The molecular weight excluding hydrogens is 364 g/mol. The normalized spacial score (nSPS) is 11.3. The van der Waals surface area contributed by atoms with Crippen LogP contribution in [0, 0.1) is 6.92 Å². The fourth-order valence-corrected chi connectivity index (χ4v) is 3.52. The van der Waals surface area contributed by atoms with Gasteiger partial charge < -0.3 is 5.11 Å². The van der Waals surface area contributed by atoms with E-state index in [0.29, 0.717) is 22.2 Å². The number of hydrogen-bond acceptors (Lipinski definition) is 4. The first-order valence-corrected chi connectivity index (χ1v) is 9.32. The van der Waals surface area contributed by atoms with Gasteiger partial charge in [0.1, 0.15) is 0 Å². The van der Waals surface area contributed by atoms with E-state index in [9.17, 15) is 9.90 Å². The molecular formula is C23H17N4O2-. The molecule has 0 bridgehead atoms. The molecule has 0 N–H and O–H groups in total. The Labute approximate surface area is 166 Å². The lowest BCUT2D eigenvalue weighted by Gasteiger charge is -2.10. The topological polar surface area (TPSA) is 75.2 Å². The van der Waals surface area contributed by atoms with E-state index >= 15 is 0 Å². The zero-order chi connectivity index (χ0) is 20.0. The van der Waals surface area contributed by atoms with E-state index in [1.807, 2.05) is 67.6 Å². The lowest BCUT2D eigenvalue weighted by molar-refractivity contribution is -0.283. The monoisotopic (exact) mass is 381 g/mol. The van der Waals surface area contributed by atoms with Crippen molar-refractivity contribution in [1.82, 2.24) is 19.2 Å². The van der Waals surface area contributed by atoms with Crippen LogP contribution in [0.4, 0.5) is 0 Å². The van der Waals surface area contributed by atoms with Gasteiger partial charge in [0.05, 0.1) is 17.2 Å². The molecule has 6 heteroatoms. The van der Waals surface area contributed by atoms with Crippen LogP contribution in [0.5, 0.6) is 6.01 Å². The first-order chi connectivity index (χ1) is 14.1. The summed E-state index contributed by atoms with van der Waals surface area (Å²) in [6.45, 7) is 1.97. The minimum atomic E-state index is -0.619. The second-order valence-electron chi connectivity index (χ2n) is 7.10. The van der Waals surface area contributed by atoms with Crippen LogP contribution in [0.25, 0.3) is 22.2 Å². The summed E-state index contributed by atoms with van der Waals surface area (Å²) < 4.78 is 2.29. The summed E-state index contributed by atoms with van der Waals surface area (Å²) in [6, 6.07) is 22.6. The number of fused-ring (bicyclic) bond motifs is 3. The predicted molar refractivity (Wildman–Crippen MR) is 110 cm³/mol. The third-order valence-electron chi connectivity index (χ3n) is 5.02. The SMILES string of the molecule is Cc1ccc(-n2nc3c4cc(Cc5ccccc5)ccc4nc([O-])n3c2=O)cc1. The first-order valence-electron chi connectivity index (χ1n) is 9.32. The Morgan fingerprint density at radius 2 is 1.69 bits per heavy atom. The summed E-state index contributed by atoms with van der Waals surface area (Å²) in [7, 11) is 0. The molecule has 0 amide bonds. The van der Waals surface area contributed by atoms with Crippen LogP contribution in [0.15, 0.2) is 77.6 Å². The molecule has 0 unspecified atom stereocenters. The predicted octanol–water partition coefficient (Wildman–Crippen LogP) is 3.01. The van der Waals surface area contributed by atoms with Crippen LogP contribution in [-0.4, -0.2) is 19.2 Å². The molecule has 0 spiro atoms. The van der Waals surface area contributed by atoms with E-state index in [4.69, 9.17) is 0 Å². The summed E-state index contributed by atoms with van der Waals surface area (Å²) in [5, 5.41) is 17.6. The van der Waals surface area contributed by atoms with Crippen molar-refractivity contribution in [1.29, 1.82) is 0 Å². The Morgan fingerprint density at radius 3 is 2.45 bits per heavy atom. The number of aryl methyl sites for hydroxylation is 1. The number of hydrogen-bond donors (Lipinski definition) is 0. The van der Waals surface area contributed by atoms with Crippen molar-refractivity contribution in [3.63, 3.8) is 0 Å². The summed E-state index contributed by atoms with van der Waals surface area (Å²) in [4.78, 5) is 17.0. The Hall–Kier alpha value is -3.93. The van der Waals surface area contributed by atoms with Gasteiger partial charge in [0.2, 0.25) is 0 Å². The molecule has 0 aliphatic rings. The molecule has 0 radical (unpaired) electrons. The molecule has 0 atom stereocenters. The van der Waals surface area contributed by atoms with Crippen LogP contribution < -0.4 is 10.8 Å². The average molecular weight is 381 g/mol. The highest BCUT2D eigenvalue weighted by atomic mass is 16.3. The zero-order valence-corrected chi connectivity index (χ0v) is 15.7. The fourth-order valence-electron chi connectivity index (χ4n) is 3.52. The average Bonchev–Trinajstić information content (AvgIpc) is 3.08. The maximum absolute atomic E-state index is 12.9. The van der Waals surface area contributed by atoms with Crippen LogP contribution >= 0.6 is 0 Å². The third-order valence-corrected chi connectivity index (χ3v) is 5.02. The van der Waals surface area contributed by atoms with Crippen LogP contribution in [-0.2, 0) is 6.42 Å². The summed E-state index contributed by atoms with van der Waals surface area (Å²) in [5.74, 6) is 0. The number of benzene rings is 3. The highest BCUT2D eigenvalue weighted by Crippen LogP contribution is 2.22. The van der Waals surface area contributed by atoms with E-state index in [0.717, 1.165) is 21.9 Å². The number of aromatic nitrogens is 4. The standard InChI is InChI=1S/C23H18N4O2/c1-15-7-10-18(11-8-15)27-23(29)26-21(25-27)19-14-17(9-12-20(19)24-22(26)28)13-16-5-3-2-4-6-16/h2-12,14H,13H2,1H3,(H,24,28)/p-1. The van der Waals surface area contributed by atoms with Crippen molar-refractivity contribution in [2.75, 3.05) is 0 Å². The van der Waals surface area contributed by atoms with Gasteiger partial charge in [0.15, 0.2) is 5.65 Å². The molecule has 0 saturated heterocycles. The van der Waals surface area contributed by atoms with Crippen molar-refractivity contribution < 1.29 is 5.11 Å². The van der Waals surface area contributed by atoms with Gasteiger partial charge in [0, 0.05) is 5.39 Å². The molecule has 0 aliphatic heterocycles. The molecule has 0 aliphatic carbocycles. The summed E-state index contributed by atoms with van der Waals surface area (Å²) >= 11 is 0. The molecule has 2 aromatic heterocycles.